The summed E-state index contributed by atoms with van der Waals surface area (Å²) in [5.41, 5.74) is -2.53. The Balaban J connectivity index is 1.76. The Labute approximate surface area is 176 Å². The molecule has 0 bridgehead atoms. The van der Waals surface area contributed by atoms with Crippen LogP contribution < -0.4 is 10.6 Å². The molecule has 0 aliphatic carbocycles. The fourth-order valence-electron chi connectivity index (χ4n) is 2.69. The average Bonchev–Trinajstić information content (AvgIpc) is 3.15. The summed E-state index contributed by atoms with van der Waals surface area (Å²) >= 11 is 0. The van der Waals surface area contributed by atoms with Gasteiger partial charge in [-0.15, -0.1) is 0 Å². The Bertz CT molecular complexity index is 1130. The van der Waals surface area contributed by atoms with Crippen LogP contribution in [-0.4, -0.2) is 21.6 Å². The van der Waals surface area contributed by atoms with E-state index in [1.807, 2.05) is 0 Å². The molecule has 2 aromatic carbocycles. The predicted molar refractivity (Wildman–Crippen MR) is 103 cm³/mol. The van der Waals surface area contributed by atoms with Crippen molar-refractivity contribution < 1.29 is 35.9 Å². The van der Waals surface area contributed by atoms with Crippen LogP contribution in [0.5, 0.6) is 0 Å². The van der Waals surface area contributed by atoms with Gasteiger partial charge in [-0.05, 0) is 55.5 Å². The fraction of sp³-hybridized carbons (Fsp3) is 0.150. The number of benzene rings is 2. The Kier molecular flexibility index (Phi) is 5.97. The van der Waals surface area contributed by atoms with Gasteiger partial charge in [0.2, 0.25) is 0 Å². The lowest BCUT2D eigenvalue weighted by molar-refractivity contribution is -0.143. The summed E-state index contributed by atoms with van der Waals surface area (Å²) in [5, 5.41) is 7.96. The number of nitrogens with one attached hydrogen (secondary N) is 2. The van der Waals surface area contributed by atoms with Crippen molar-refractivity contribution in [1.82, 2.24) is 9.78 Å². The van der Waals surface area contributed by atoms with E-state index in [0.717, 1.165) is 12.1 Å². The number of hydrogen-bond donors (Lipinski definition) is 2. The number of Topliss-reactive ketones (excluding diaryl/α,β-unsaturated/α-hetero) is 1. The van der Waals surface area contributed by atoms with E-state index in [4.69, 9.17) is 0 Å². The van der Waals surface area contributed by atoms with Crippen LogP contribution in [-0.2, 0) is 12.4 Å². The molecule has 0 spiro atoms. The van der Waals surface area contributed by atoms with Crippen molar-refractivity contribution in [3.8, 4) is 5.69 Å². The summed E-state index contributed by atoms with van der Waals surface area (Å²) in [6.07, 6.45) is -10.1. The van der Waals surface area contributed by atoms with Gasteiger partial charge in [0.25, 0.3) is 0 Å². The number of ketones is 1. The number of anilines is 2. The van der Waals surface area contributed by atoms with Crippen LogP contribution in [0.2, 0.25) is 0 Å². The first kappa shape index (κ1) is 22.8. The number of halogens is 6. The highest BCUT2D eigenvalue weighted by molar-refractivity contribution is 6.00. The molecule has 0 aliphatic rings. The second-order valence-electron chi connectivity index (χ2n) is 6.58. The number of nitrogens with zero attached hydrogens (tertiary/aromatic N) is 2. The largest absolute Gasteiger partial charge is 0.435 e. The van der Waals surface area contributed by atoms with Crippen molar-refractivity contribution in [2.24, 2.45) is 0 Å². The molecule has 3 rings (SSSR count). The van der Waals surface area contributed by atoms with Crippen molar-refractivity contribution in [1.29, 1.82) is 0 Å². The molecule has 32 heavy (non-hydrogen) atoms. The monoisotopic (exact) mass is 456 g/mol. The van der Waals surface area contributed by atoms with Crippen LogP contribution in [0.3, 0.4) is 0 Å². The van der Waals surface area contributed by atoms with Crippen molar-refractivity contribution in [3.05, 3.63) is 71.5 Å². The van der Waals surface area contributed by atoms with E-state index >= 15 is 0 Å². The summed E-state index contributed by atoms with van der Waals surface area (Å²) in [7, 11) is 0. The third-order valence-corrected chi connectivity index (χ3v) is 4.21. The van der Waals surface area contributed by atoms with Crippen molar-refractivity contribution >= 4 is 23.2 Å². The van der Waals surface area contributed by atoms with E-state index in [9.17, 15) is 35.9 Å². The number of urea groups is 1. The van der Waals surface area contributed by atoms with E-state index in [1.54, 1.807) is 0 Å². The van der Waals surface area contributed by atoms with Gasteiger partial charge in [0.15, 0.2) is 11.5 Å². The highest BCUT2D eigenvalue weighted by atomic mass is 19.4. The molecule has 0 saturated heterocycles. The van der Waals surface area contributed by atoms with Crippen LogP contribution in [0, 0.1) is 0 Å². The Hall–Kier alpha value is -3.83. The Morgan fingerprint density at radius 3 is 1.75 bits per heavy atom. The van der Waals surface area contributed by atoms with Gasteiger partial charge >= 0.3 is 18.4 Å². The normalized spacial score (nSPS) is 11.8. The molecule has 2 N–H and O–H groups in total. The van der Waals surface area contributed by atoms with Gasteiger partial charge in [-0.3, -0.25) is 4.79 Å². The third-order valence-electron chi connectivity index (χ3n) is 4.21. The average molecular weight is 456 g/mol. The minimum absolute atomic E-state index is 0.0724. The molecule has 0 aliphatic heterocycles. The number of carbonyl (C=O) groups is 2. The van der Waals surface area contributed by atoms with E-state index in [0.29, 0.717) is 11.3 Å². The number of hydrogen-bond acceptors (Lipinski definition) is 3. The molecular formula is C20H14F6N4O2. The first-order valence-electron chi connectivity index (χ1n) is 8.88. The molecule has 0 radical (unpaired) electrons. The predicted octanol–water partition coefficient (Wildman–Crippen LogP) is 5.76. The highest BCUT2D eigenvalue weighted by Gasteiger charge is 2.42. The van der Waals surface area contributed by atoms with Crippen LogP contribution in [0.4, 0.5) is 42.5 Å². The highest BCUT2D eigenvalue weighted by Crippen LogP contribution is 2.36. The van der Waals surface area contributed by atoms with Gasteiger partial charge in [-0.25, -0.2) is 9.48 Å². The maximum Gasteiger partial charge on any atom is 0.435 e. The third kappa shape index (κ3) is 5.25. The smallest absolute Gasteiger partial charge is 0.308 e. The molecule has 0 fully saturated rings. The van der Waals surface area contributed by atoms with Crippen molar-refractivity contribution in [2.45, 2.75) is 19.3 Å². The first-order valence-corrected chi connectivity index (χ1v) is 8.88. The lowest BCUT2D eigenvalue weighted by atomic mass is 10.1. The maximum atomic E-state index is 13.2. The zero-order valence-electron chi connectivity index (χ0n) is 16.2. The maximum absolute atomic E-state index is 13.2. The Morgan fingerprint density at radius 1 is 0.812 bits per heavy atom. The van der Waals surface area contributed by atoms with Gasteiger partial charge < -0.3 is 10.6 Å². The van der Waals surface area contributed by atoms with E-state index < -0.39 is 29.8 Å². The van der Waals surface area contributed by atoms with Crippen molar-refractivity contribution in [3.63, 3.8) is 0 Å². The number of alkyl halides is 6. The number of rotatable bonds is 4. The Morgan fingerprint density at radius 2 is 1.31 bits per heavy atom. The molecule has 1 aromatic heterocycles. The quantitative estimate of drug-likeness (QED) is 0.387. The first-order chi connectivity index (χ1) is 14.8. The molecule has 168 valence electrons. The lowest BCUT2D eigenvalue weighted by Crippen LogP contribution is -2.19. The van der Waals surface area contributed by atoms with E-state index in [1.165, 1.54) is 43.3 Å². The zero-order chi connectivity index (χ0) is 23.7. The summed E-state index contributed by atoms with van der Waals surface area (Å²) in [4.78, 5) is 23.3. The molecule has 0 atom stereocenters. The SMILES string of the molecule is CC(=O)c1ccc(NC(=O)Nc2ccc(-n3nc(C(F)(F)F)cc3C(F)(F)F)cc2)cc1. The van der Waals surface area contributed by atoms with Crippen LogP contribution >= 0.6 is 0 Å². The standard InChI is InChI=1S/C20H14F6N4O2/c1-11(31)12-2-4-13(5-3-12)27-18(32)28-14-6-8-15(9-7-14)30-17(20(24,25)26)10-16(29-30)19(21,22)23/h2-10H,1H3,(H2,27,28,32). The van der Waals surface area contributed by atoms with Gasteiger partial charge in [-0.2, -0.15) is 31.4 Å². The topological polar surface area (TPSA) is 76.0 Å². The minimum Gasteiger partial charge on any atom is -0.308 e. The summed E-state index contributed by atoms with van der Waals surface area (Å²) < 4.78 is 78.1. The van der Waals surface area contributed by atoms with Crippen molar-refractivity contribution in [2.75, 3.05) is 10.6 Å². The zero-order valence-corrected chi connectivity index (χ0v) is 16.2. The molecule has 3 aromatic rings. The molecule has 1 heterocycles. The van der Waals surface area contributed by atoms with Gasteiger partial charge in [-0.1, -0.05) is 0 Å². The van der Waals surface area contributed by atoms with Crippen LogP contribution in [0.1, 0.15) is 28.7 Å². The number of aromatic nitrogens is 2. The molecule has 6 nitrogen and oxygen atoms in total. The molecule has 0 unspecified atom stereocenters. The van der Waals surface area contributed by atoms with E-state index in [-0.39, 0.29) is 27.9 Å². The molecule has 12 heteroatoms. The second-order valence-corrected chi connectivity index (χ2v) is 6.58. The summed E-state index contributed by atoms with van der Waals surface area (Å²) in [6, 6.07) is 9.89. The molecular weight excluding hydrogens is 442 g/mol. The van der Waals surface area contributed by atoms with Crippen LogP contribution in [0.15, 0.2) is 54.6 Å². The minimum atomic E-state index is -5.06. The molecule has 0 saturated carbocycles. The summed E-state index contributed by atoms with van der Waals surface area (Å²) in [5.74, 6) is -0.144. The number of carbonyl (C=O) groups excluding carboxylic acids is 2. The summed E-state index contributed by atoms with van der Waals surface area (Å²) in [6.45, 7) is 1.39. The molecule has 2 amide bonds. The van der Waals surface area contributed by atoms with Gasteiger partial charge in [0.05, 0.1) is 5.69 Å². The lowest BCUT2D eigenvalue weighted by Gasteiger charge is -2.11. The number of amides is 2. The van der Waals surface area contributed by atoms with Gasteiger partial charge in [0, 0.05) is 23.0 Å². The second kappa shape index (κ2) is 8.36. The van der Waals surface area contributed by atoms with Crippen LogP contribution in [0.25, 0.3) is 5.69 Å². The fourth-order valence-corrected chi connectivity index (χ4v) is 2.69. The van der Waals surface area contributed by atoms with Gasteiger partial charge in [0.1, 0.15) is 5.69 Å². The van der Waals surface area contributed by atoms with E-state index in [2.05, 4.69) is 15.7 Å².